The van der Waals surface area contributed by atoms with Crippen molar-refractivity contribution in [3.05, 3.63) is 83.6 Å². The van der Waals surface area contributed by atoms with Crippen molar-refractivity contribution in [3.63, 3.8) is 0 Å². The van der Waals surface area contributed by atoms with Gasteiger partial charge in [0.15, 0.2) is 0 Å². The van der Waals surface area contributed by atoms with Crippen LogP contribution in [0.4, 0.5) is 4.79 Å². The number of hydrogen-bond acceptors (Lipinski definition) is 10. The number of H-pyrrole nitrogens is 3. The first-order chi connectivity index (χ1) is 29.5. The van der Waals surface area contributed by atoms with E-state index in [2.05, 4.69) is 45.7 Å². The molecule has 2 aromatic carbocycles. The number of aromatic amines is 3. The number of carbonyl (C=O) groups is 5. The molecule has 0 spiro atoms. The van der Waals surface area contributed by atoms with Crippen LogP contribution in [0.3, 0.4) is 0 Å². The molecular formula is C44H49N9O7S. The molecule has 1 aliphatic rings. The van der Waals surface area contributed by atoms with Gasteiger partial charge in [-0.05, 0) is 47.4 Å². The Hall–Kier alpha value is -6.75. The number of alkyl carbamates (subject to hydrolysis) is 1. The van der Waals surface area contributed by atoms with Crippen LogP contribution >= 0.6 is 11.3 Å². The third kappa shape index (κ3) is 8.92. The molecule has 2 unspecified atom stereocenters. The van der Waals surface area contributed by atoms with E-state index in [0.29, 0.717) is 36.8 Å². The molecule has 318 valence electrons. The van der Waals surface area contributed by atoms with Crippen molar-refractivity contribution >= 4 is 51.8 Å². The van der Waals surface area contributed by atoms with E-state index in [1.807, 2.05) is 74.2 Å². The standard InChI is InChI=1S/C44H49N9O7S/c1-6-17-52(35(55)21-47-44(58)60-5)22-34-45-19-31(49-34)27-11-9-26(10-12-27)30-23-61-40-36(39(43(57)59-4)51-38(30)40)29-15-13-28(14-16-29)32-20-46-41(50-32)33-8-7-18-53(33)42(56)37(25(2)3)48-24-54/h9-16,19-20,23-25,33,37,51H,6-8,17-18,21-22H2,1-5H3,(H,45,49)(H,46,50)(H,47,58)(H,48,54). The van der Waals surface area contributed by atoms with Crippen molar-refractivity contribution in [2.75, 3.05) is 33.9 Å². The molecule has 0 saturated carbocycles. The highest BCUT2D eigenvalue weighted by molar-refractivity contribution is 7.18. The van der Waals surface area contributed by atoms with Crippen molar-refractivity contribution in [3.8, 4) is 44.8 Å². The number of thiophene rings is 1. The van der Waals surface area contributed by atoms with Crippen molar-refractivity contribution in [1.29, 1.82) is 0 Å². The minimum atomic E-state index is -0.666. The first-order valence-electron chi connectivity index (χ1n) is 20.2. The average molecular weight is 848 g/mol. The Morgan fingerprint density at radius 3 is 2.26 bits per heavy atom. The van der Waals surface area contributed by atoms with Crippen molar-refractivity contribution < 1.29 is 33.4 Å². The first-order valence-corrected chi connectivity index (χ1v) is 21.0. The third-order valence-corrected chi connectivity index (χ3v) is 11.9. The van der Waals surface area contributed by atoms with E-state index in [4.69, 9.17) is 4.74 Å². The zero-order valence-corrected chi connectivity index (χ0v) is 35.5. The number of nitrogens with one attached hydrogen (secondary N) is 5. The number of ether oxygens (including phenoxy) is 2. The lowest BCUT2D eigenvalue weighted by atomic mass is 10.0. The van der Waals surface area contributed by atoms with E-state index in [9.17, 15) is 24.0 Å². The van der Waals surface area contributed by atoms with Crippen LogP contribution in [-0.4, -0.2) is 105 Å². The summed E-state index contributed by atoms with van der Waals surface area (Å²) in [6.45, 7) is 6.99. The molecule has 4 aromatic heterocycles. The SMILES string of the molecule is CCCN(Cc1ncc(-c2ccc(-c3csc4c(-c5ccc(-c6cnc(C7CCCN7C(=O)C(NC=O)C(C)C)[nH]6)cc5)c(C(=O)OC)[nH]c34)cc2)[nH]1)C(=O)CNC(=O)OC. The number of hydrogen-bond donors (Lipinski definition) is 5. The second-order valence-electron chi connectivity index (χ2n) is 15.2. The van der Waals surface area contributed by atoms with Crippen LogP contribution in [0.15, 0.2) is 66.3 Å². The lowest BCUT2D eigenvalue weighted by Gasteiger charge is -2.29. The molecule has 17 heteroatoms. The molecule has 5 heterocycles. The molecule has 7 rings (SSSR count). The molecule has 16 nitrogen and oxygen atoms in total. The molecule has 4 amide bonds. The summed E-state index contributed by atoms with van der Waals surface area (Å²) in [5.41, 5.74) is 8.03. The summed E-state index contributed by atoms with van der Waals surface area (Å²) >= 11 is 1.54. The number of rotatable bonds is 16. The van der Waals surface area contributed by atoms with Crippen LogP contribution in [0.2, 0.25) is 0 Å². The van der Waals surface area contributed by atoms with Crippen LogP contribution in [0.5, 0.6) is 0 Å². The molecule has 1 saturated heterocycles. The topological polar surface area (TPSA) is 207 Å². The van der Waals surface area contributed by atoms with Gasteiger partial charge in [-0.1, -0.05) is 69.3 Å². The number of aromatic nitrogens is 5. The maximum Gasteiger partial charge on any atom is 0.407 e. The van der Waals surface area contributed by atoms with Crippen LogP contribution in [0.1, 0.15) is 68.2 Å². The Kier molecular flexibility index (Phi) is 13.0. The second-order valence-corrected chi connectivity index (χ2v) is 16.0. The largest absolute Gasteiger partial charge is 0.464 e. The maximum absolute atomic E-state index is 13.4. The molecule has 61 heavy (non-hydrogen) atoms. The predicted molar refractivity (Wildman–Crippen MR) is 231 cm³/mol. The number of methoxy groups -OCH3 is 2. The first kappa shape index (κ1) is 42.4. The van der Waals surface area contributed by atoms with Crippen molar-refractivity contribution in [2.24, 2.45) is 5.92 Å². The number of esters is 1. The fraction of sp³-hybridized carbons (Fsp3) is 0.341. The van der Waals surface area contributed by atoms with Gasteiger partial charge in [0.05, 0.1) is 60.8 Å². The second kappa shape index (κ2) is 18.7. The summed E-state index contributed by atoms with van der Waals surface area (Å²) < 4.78 is 10.7. The molecular weight excluding hydrogens is 799 g/mol. The molecule has 1 fully saturated rings. The smallest absolute Gasteiger partial charge is 0.407 e. The molecule has 6 aromatic rings. The summed E-state index contributed by atoms with van der Waals surface area (Å²) in [5.74, 6) is 0.428. The number of carbonyl (C=O) groups excluding carboxylic acids is 5. The minimum absolute atomic E-state index is 0.0534. The Morgan fingerprint density at radius 1 is 0.934 bits per heavy atom. The monoisotopic (exact) mass is 847 g/mol. The van der Waals surface area contributed by atoms with Gasteiger partial charge in [-0.2, -0.15) is 0 Å². The predicted octanol–water partition coefficient (Wildman–Crippen LogP) is 6.66. The minimum Gasteiger partial charge on any atom is -0.464 e. The number of likely N-dealkylation sites (tertiary alicyclic amines) is 1. The summed E-state index contributed by atoms with van der Waals surface area (Å²) in [6.07, 6.45) is 5.77. The molecule has 5 N–H and O–H groups in total. The lowest BCUT2D eigenvalue weighted by Crippen LogP contribution is -2.48. The van der Waals surface area contributed by atoms with Gasteiger partial charge in [-0.25, -0.2) is 19.6 Å². The van der Waals surface area contributed by atoms with Crippen LogP contribution in [-0.2, 0) is 30.4 Å². The molecule has 0 radical (unpaired) electrons. The number of benzene rings is 2. The number of nitrogens with zero attached hydrogens (tertiary/aromatic N) is 4. The van der Waals surface area contributed by atoms with Gasteiger partial charge in [0.2, 0.25) is 18.2 Å². The van der Waals surface area contributed by atoms with E-state index < -0.39 is 18.1 Å². The van der Waals surface area contributed by atoms with Crippen molar-refractivity contribution in [2.45, 2.75) is 58.7 Å². The number of amides is 4. The van der Waals surface area contributed by atoms with Gasteiger partial charge in [-0.3, -0.25) is 14.4 Å². The Balaban J connectivity index is 1.09. The van der Waals surface area contributed by atoms with Gasteiger partial charge in [0, 0.05) is 29.6 Å². The highest BCUT2D eigenvalue weighted by Gasteiger charge is 2.36. The number of fused-ring (bicyclic) bond motifs is 1. The quantitative estimate of drug-likeness (QED) is 0.0521. The summed E-state index contributed by atoms with van der Waals surface area (Å²) in [6, 6.07) is 15.1. The van der Waals surface area contributed by atoms with E-state index in [1.165, 1.54) is 25.6 Å². The van der Waals surface area contributed by atoms with Gasteiger partial charge in [-0.15, -0.1) is 11.3 Å². The Morgan fingerprint density at radius 2 is 1.61 bits per heavy atom. The molecule has 0 aliphatic carbocycles. The maximum atomic E-state index is 13.4. The van der Waals surface area contributed by atoms with Gasteiger partial charge < -0.3 is 44.9 Å². The molecule has 0 bridgehead atoms. The normalized spacial score (nSPS) is 14.3. The van der Waals surface area contributed by atoms with E-state index in [0.717, 1.165) is 74.2 Å². The van der Waals surface area contributed by atoms with Gasteiger partial charge >= 0.3 is 12.1 Å². The highest BCUT2D eigenvalue weighted by Crippen LogP contribution is 2.43. The van der Waals surface area contributed by atoms with E-state index >= 15 is 0 Å². The summed E-state index contributed by atoms with van der Waals surface area (Å²) in [4.78, 5) is 84.8. The van der Waals surface area contributed by atoms with Crippen LogP contribution < -0.4 is 10.6 Å². The van der Waals surface area contributed by atoms with E-state index in [1.54, 1.807) is 17.3 Å². The highest BCUT2D eigenvalue weighted by atomic mass is 32.1. The van der Waals surface area contributed by atoms with E-state index in [-0.39, 0.29) is 36.9 Å². The zero-order valence-electron chi connectivity index (χ0n) is 34.7. The molecule has 2 atom stereocenters. The summed E-state index contributed by atoms with van der Waals surface area (Å²) in [7, 11) is 2.61. The third-order valence-electron chi connectivity index (χ3n) is 10.9. The Bertz CT molecular complexity index is 2520. The average Bonchev–Trinajstić information content (AvgIpc) is 4.13. The Labute approximate surface area is 356 Å². The fourth-order valence-electron chi connectivity index (χ4n) is 7.79. The number of imidazole rings is 2. The van der Waals surface area contributed by atoms with Gasteiger partial charge in [0.1, 0.15) is 29.9 Å². The van der Waals surface area contributed by atoms with Crippen LogP contribution in [0.25, 0.3) is 55.0 Å². The summed E-state index contributed by atoms with van der Waals surface area (Å²) in [5, 5.41) is 7.19. The lowest BCUT2D eigenvalue weighted by molar-refractivity contribution is -0.137. The van der Waals surface area contributed by atoms with Gasteiger partial charge in [0.25, 0.3) is 0 Å². The van der Waals surface area contributed by atoms with Crippen LogP contribution in [0, 0.1) is 5.92 Å². The fourth-order valence-corrected chi connectivity index (χ4v) is 8.89. The van der Waals surface area contributed by atoms with Crippen molar-refractivity contribution in [1.82, 2.24) is 45.4 Å². The molecule has 1 aliphatic heterocycles. The zero-order chi connectivity index (χ0) is 43.2.